The molecular formula is C7H4N2O3. The van der Waals surface area contributed by atoms with Crippen LogP contribution in [-0.4, -0.2) is 21.2 Å². The molecule has 0 bridgehead atoms. The molecule has 0 saturated heterocycles. The molecule has 2 N–H and O–H groups in total. The number of carboxylic acids is 1. The van der Waals surface area contributed by atoms with Crippen LogP contribution in [0.4, 0.5) is 0 Å². The van der Waals surface area contributed by atoms with Gasteiger partial charge in [-0.25, -0.2) is 9.78 Å². The first-order valence-corrected chi connectivity index (χ1v) is 2.98. The van der Waals surface area contributed by atoms with Crippen LogP contribution in [0.25, 0.3) is 0 Å². The number of nitriles is 1. The number of rotatable bonds is 1. The number of pyridine rings is 1. The van der Waals surface area contributed by atoms with Crippen molar-refractivity contribution in [3.63, 3.8) is 0 Å². The molecule has 0 saturated carbocycles. The highest BCUT2D eigenvalue weighted by atomic mass is 16.4. The molecule has 0 amide bonds. The normalized spacial score (nSPS) is 8.92. The summed E-state index contributed by atoms with van der Waals surface area (Å²) in [5, 5.41) is 25.7. The zero-order chi connectivity index (χ0) is 9.14. The zero-order valence-corrected chi connectivity index (χ0v) is 5.85. The van der Waals surface area contributed by atoms with Gasteiger partial charge in [0.15, 0.2) is 11.4 Å². The van der Waals surface area contributed by atoms with Crippen LogP contribution in [0.3, 0.4) is 0 Å². The molecule has 0 aliphatic rings. The van der Waals surface area contributed by atoms with Crippen molar-refractivity contribution >= 4 is 5.97 Å². The summed E-state index contributed by atoms with van der Waals surface area (Å²) < 4.78 is 0. The molecular weight excluding hydrogens is 160 g/mol. The molecule has 0 radical (unpaired) electrons. The second-order valence-electron chi connectivity index (χ2n) is 1.98. The lowest BCUT2D eigenvalue weighted by Crippen LogP contribution is -2.00. The Morgan fingerprint density at radius 2 is 2.25 bits per heavy atom. The van der Waals surface area contributed by atoms with Gasteiger partial charge < -0.3 is 10.2 Å². The van der Waals surface area contributed by atoms with Crippen molar-refractivity contribution < 1.29 is 15.0 Å². The van der Waals surface area contributed by atoms with E-state index in [1.165, 1.54) is 0 Å². The summed E-state index contributed by atoms with van der Waals surface area (Å²) in [4.78, 5) is 13.7. The highest BCUT2D eigenvalue weighted by Gasteiger charge is 2.08. The van der Waals surface area contributed by atoms with Crippen LogP contribution in [0.15, 0.2) is 12.1 Å². The summed E-state index contributed by atoms with van der Waals surface area (Å²) in [6.45, 7) is 0. The Morgan fingerprint density at radius 3 is 2.75 bits per heavy atom. The summed E-state index contributed by atoms with van der Waals surface area (Å²) >= 11 is 0. The van der Waals surface area contributed by atoms with E-state index in [0.717, 1.165) is 12.1 Å². The predicted octanol–water partition coefficient (Wildman–Crippen LogP) is 0.357. The van der Waals surface area contributed by atoms with Crippen LogP contribution in [0.5, 0.6) is 5.75 Å². The van der Waals surface area contributed by atoms with Gasteiger partial charge in [0.25, 0.3) is 0 Å². The molecule has 0 aliphatic heterocycles. The number of carbonyl (C=O) groups is 1. The van der Waals surface area contributed by atoms with Crippen molar-refractivity contribution in [1.82, 2.24) is 4.98 Å². The Kier molecular flexibility index (Phi) is 1.92. The molecule has 1 heterocycles. The van der Waals surface area contributed by atoms with E-state index in [1.807, 2.05) is 0 Å². The Morgan fingerprint density at radius 1 is 1.58 bits per heavy atom. The maximum atomic E-state index is 10.3. The quantitative estimate of drug-likeness (QED) is 0.624. The molecule has 1 aromatic rings. The van der Waals surface area contributed by atoms with Crippen LogP contribution < -0.4 is 0 Å². The zero-order valence-electron chi connectivity index (χ0n) is 5.85. The lowest BCUT2D eigenvalue weighted by molar-refractivity contribution is 0.0690. The maximum absolute atomic E-state index is 10.3. The highest BCUT2D eigenvalue weighted by Crippen LogP contribution is 2.12. The van der Waals surface area contributed by atoms with Gasteiger partial charge in [-0.15, -0.1) is 0 Å². The molecule has 5 heteroatoms. The maximum Gasteiger partial charge on any atom is 0.354 e. The van der Waals surface area contributed by atoms with Gasteiger partial charge in [0.05, 0.1) is 0 Å². The van der Waals surface area contributed by atoms with Crippen LogP contribution in [0.2, 0.25) is 0 Å². The van der Waals surface area contributed by atoms with E-state index in [2.05, 4.69) is 4.98 Å². The largest absolute Gasteiger partial charge is 0.505 e. The number of hydrogen-bond donors (Lipinski definition) is 2. The summed E-state index contributed by atoms with van der Waals surface area (Å²) in [5.41, 5.74) is -0.542. The van der Waals surface area contributed by atoms with E-state index in [9.17, 15) is 4.79 Å². The molecule has 5 nitrogen and oxygen atoms in total. The first-order chi connectivity index (χ1) is 5.65. The first-order valence-electron chi connectivity index (χ1n) is 2.98. The number of aromatic carboxylic acids is 1. The van der Waals surface area contributed by atoms with E-state index in [4.69, 9.17) is 15.5 Å². The van der Waals surface area contributed by atoms with Crippen molar-refractivity contribution in [3.8, 4) is 11.8 Å². The van der Waals surface area contributed by atoms with Crippen LogP contribution in [-0.2, 0) is 0 Å². The minimum Gasteiger partial charge on any atom is -0.505 e. The van der Waals surface area contributed by atoms with Crippen molar-refractivity contribution in [1.29, 1.82) is 5.26 Å². The molecule has 0 unspecified atom stereocenters. The summed E-state index contributed by atoms with van der Waals surface area (Å²) in [7, 11) is 0. The fourth-order valence-corrected chi connectivity index (χ4v) is 0.653. The molecule has 0 aliphatic carbocycles. The van der Waals surface area contributed by atoms with Crippen molar-refractivity contribution in [3.05, 3.63) is 23.5 Å². The molecule has 12 heavy (non-hydrogen) atoms. The van der Waals surface area contributed by atoms with Crippen LogP contribution >= 0.6 is 0 Å². The van der Waals surface area contributed by atoms with E-state index in [1.54, 1.807) is 6.07 Å². The standard InChI is InChI=1S/C7H4N2O3/c8-3-5-6(10)2-1-4(9-5)7(11)12/h1-2,10H,(H,11,12). The van der Waals surface area contributed by atoms with Gasteiger partial charge in [-0.05, 0) is 12.1 Å². The van der Waals surface area contributed by atoms with Gasteiger partial charge in [-0.1, -0.05) is 0 Å². The first kappa shape index (κ1) is 8.01. The van der Waals surface area contributed by atoms with Gasteiger partial charge in [0.1, 0.15) is 11.8 Å². The van der Waals surface area contributed by atoms with E-state index in [0.29, 0.717) is 0 Å². The summed E-state index contributed by atoms with van der Waals surface area (Å²) in [6.07, 6.45) is 0. The summed E-state index contributed by atoms with van der Waals surface area (Å²) in [5.74, 6) is -1.55. The molecule has 0 spiro atoms. The molecule has 1 aromatic heterocycles. The summed E-state index contributed by atoms with van der Waals surface area (Å²) in [6, 6.07) is 3.81. The number of aromatic hydroxyl groups is 1. The molecule has 1 rings (SSSR count). The third kappa shape index (κ3) is 1.32. The Bertz CT molecular complexity index is 367. The number of carboxylic acid groups (broad SMARTS) is 1. The van der Waals surface area contributed by atoms with Gasteiger partial charge in [-0.2, -0.15) is 5.26 Å². The Hall–Kier alpha value is -2.09. The van der Waals surface area contributed by atoms with E-state index in [-0.39, 0.29) is 17.1 Å². The SMILES string of the molecule is N#Cc1nc(C(=O)O)ccc1O. The molecule has 60 valence electrons. The fraction of sp³-hybridized carbons (Fsp3) is 0. The minimum absolute atomic E-state index is 0.260. The third-order valence-electron chi connectivity index (χ3n) is 1.20. The predicted molar refractivity (Wildman–Crippen MR) is 37.6 cm³/mol. The molecule has 0 atom stereocenters. The molecule has 0 fully saturated rings. The van der Waals surface area contributed by atoms with Crippen molar-refractivity contribution in [2.24, 2.45) is 0 Å². The Labute approximate surface area is 67.5 Å². The van der Waals surface area contributed by atoms with Crippen LogP contribution in [0, 0.1) is 11.3 Å². The fourth-order valence-electron chi connectivity index (χ4n) is 0.653. The van der Waals surface area contributed by atoms with Crippen molar-refractivity contribution in [2.45, 2.75) is 0 Å². The lowest BCUT2D eigenvalue weighted by Gasteiger charge is -1.95. The number of hydrogen-bond acceptors (Lipinski definition) is 4. The second kappa shape index (κ2) is 2.88. The highest BCUT2D eigenvalue weighted by molar-refractivity contribution is 5.85. The van der Waals surface area contributed by atoms with Crippen molar-refractivity contribution in [2.75, 3.05) is 0 Å². The topological polar surface area (TPSA) is 94.2 Å². The average Bonchev–Trinajstić information content (AvgIpc) is 2.05. The van der Waals surface area contributed by atoms with Gasteiger partial charge >= 0.3 is 5.97 Å². The van der Waals surface area contributed by atoms with Gasteiger partial charge in [-0.3, -0.25) is 0 Å². The number of nitrogens with zero attached hydrogens (tertiary/aromatic N) is 2. The van der Waals surface area contributed by atoms with E-state index >= 15 is 0 Å². The third-order valence-corrected chi connectivity index (χ3v) is 1.20. The lowest BCUT2D eigenvalue weighted by atomic mass is 10.3. The van der Waals surface area contributed by atoms with Gasteiger partial charge in [0, 0.05) is 0 Å². The molecule has 0 aromatic carbocycles. The van der Waals surface area contributed by atoms with Crippen LogP contribution in [0.1, 0.15) is 16.2 Å². The average molecular weight is 164 g/mol. The smallest absolute Gasteiger partial charge is 0.354 e. The Balaban J connectivity index is 3.25. The van der Waals surface area contributed by atoms with E-state index < -0.39 is 5.97 Å². The second-order valence-corrected chi connectivity index (χ2v) is 1.98. The minimum atomic E-state index is -1.23. The number of aromatic nitrogens is 1. The monoisotopic (exact) mass is 164 g/mol. The van der Waals surface area contributed by atoms with Gasteiger partial charge in [0.2, 0.25) is 0 Å².